The highest BCUT2D eigenvalue weighted by atomic mass is 16.5. The van der Waals surface area contributed by atoms with E-state index in [0.717, 1.165) is 17.0 Å². The number of amides is 1. The van der Waals surface area contributed by atoms with Crippen LogP contribution in [0.2, 0.25) is 0 Å². The Morgan fingerprint density at radius 1 is 1.06 bits per heavy atom. The van der Waals surface area contributed by atoms with Crippen LogP contribution < -0.4 is 15.0 Å². The lowest BCUT2D eigenvalue weighted by atomic mass is 10.2. The van der Waals surface area contributed by atoms with Crippen LogP contribution in [0.15, 0.2) is 73.5 Å². The Morgan fingerprint density at radius 3 is 2.80 bits per heavy atom. The second kappa shape index (κ2) is 8.17. The molecule has 1 aromatic carbocycles. The summed E-state index contributed by atoms with van der Waals surface area (Å²) < 4.78 is 7.74. The van der Waals surface area contributed by atoms with Gasteiger partial charge >= 0.3 is 0 Å². The fourth-order valence-corrected chi connectivity index (χ4v) is 4.00. The van der Waals surface area contributed by atoms with Crippen molar-refractivity contribution in [2.75, 3.05) is 16.8 Å². The first-order valence-electron chi connectivity index (χ1n) is 11.0. The van der Waals surface area contributed by atoms with Gasteiger partial charge in [0, 0.05) is 30.1 Å². The van der Waals surface area contributed by atoms with Crippen LogP contribution in [0.25, 0.3) is 16.7 Å². The molecule has 1 saturated heterocycles. The number of anilines is 3. The Balaban J connectivity index is 1.27. The Kier molecular flexibility index (Phi) is 4.84. The number of carbonyl (C=O) groups is 1. The van der Waals surface area contributed by atoms with Gasteiger partial charge in [-0.25, -0.2) is 24.5 Å². The lowest BCUT2D eigenvalue weighted by Crippen LogP contribution is -2.25. The molecule has 1 aliphatic heterocycles. The summed E-state index contributed by atoms with van der Waals surface area (Å²) in [5.74, 6) is 2.40. The zero-order valence-electron chi connectivity index (χ0n) is 18.8. The molecule has 1 amide bonds. The van der Waals surface area contributed by atoms with Gasteiger partial charge in [0.15, 0.2) is 11.5 Å². The van der Waals surface area contributed by atoms with Crippen LogP contribution in [0.3, 0.4) is 0 Å². The van der Waals surface area contributed by atoms with E-state index >= 15 is 0 Å². The largest absolute Gasteiger partial charge is 0.457 e. The summed E-state index contributed by atoms with van der Waals surface area (Å²) in [6.07, 6.45) is 5.42. The smallest absolute Gasteiger partial charge is 0.254 e. The number of aryl methyl sites for hydroxylation is 1. The van der Waals surface area contributed by atoms with Crippen molar-refractivity contribution in [3.63, 3.8) is 0 Å². The number of pyridine rings is 2. The minimum atomic E-state index is -0.0995. The fourth-order valence-electron chi connectivity index (χ4n) is 4.00. The minimum absolute atomic E-state index is 0.0995. The molecule has 1 aliphatic rings. The number of aromatic nitrogens is 6. The summed E-state index contributed by atoms with van der Waals surface area (Å²) >= 11 is 0. The molecule has 0 spiro atoms. The molecule has 10 heteroatoms. The molecule has 5 aromatic rings. The molecule has 6 rings (SSSR count). The van der Waals surface area contributed by atoms with Crippen molar-refractivity contribution in [2.45, 2.75) is 13.3 Å². The lowest BCUT2D eigenvalue weighted by molar-refractivity contribution is -0.114. The van der Waals surface area contributed by atoms with Gasteiger partial charge < -0.3 is 10.1 Å². The van der Waals surface area contributed by atoms with Crippen molar-refractivity contribution in [3.05, 3.63) is 79.0 Å². The first-order chi connectivity index (χ1) is 17.0. The summed E-state index contributed by atoms with van der Waals surface area (Å²) in [6, 6.07) is 13.1. The van der Waals surface area contributed by atoms with Gasteiger partial charge in [0.25, 0.3) is 5.91 Å². The number of carbonyl (C=O) groups excluding carboxylic acids is 1. The van der Waals surface area contributed by atoms with E-state index < -0.39 is 0 Å². The third kappa shape index (κ3) is 3.80. The maximum Gasteiger partial charge on any atom is 0.254 e. The summed E-state index contributed by atoms with van der Waals surface area (Å²) in [4.78, 5) is 31.6. The predicted molar refractivity (Wildman–Crippen MR) is 131 cm³/mol. The molecular formula is C25H20N8O2. The molecule has 0 radical (unpaired) electrons. The SMILES string of the molecule is C=C1CCN(c2ccc3ncnc(Nc4ccc(Oc5ccn6ncnc6c5)c(C)c4)c3n2)C1=O. The minimum Gasteiger partial charge on any atom is -0.457 e. The van der Waals surface area contributed by atoms with Crippen LogP contribution in [0.1, 0.15) is 12.0 Å². The van der Waals surface area contributed by atoms with E-state index in [9.17, 15) is 4.79 Å². The van der Waals surface area contributed by atoms with Gasteiger partial charge in [0.1, 0.15) is 35.5 Å². The first kappa shape index (κ1) is 20.7. The second-order valence-electron chi connectivity index (χ2n) is 8.20. The van der Waals surface area contributed by atoms with Crippen LogP contribution >= 0.6 is 0 Å². The molecule has 10 nitrogen and oxygen atoms in total. The van der Waals surface area contributed by atoms with Gasteiger partial charge in [-0.2, -0.15) is 5.10 Å². The summed E-state index contributed by atoms with van der Waals surface area (Å²) in [6.45, 7) is 6.36. The number of ether oxygens (including phenoxy) is 1. The van der Waals surface area contributed by atoms with E-state index in [1.54, 1.807) is 21.7 Å². The molecule has 0 unspecified atom stereocenters. The van der Waals surface area contributed by atoms with Gasteiger partial charge in [-0.3, -0.25) is 9.69 Å². The summed E-state index contributed by atoms with van der Waals surface area (Å²) in [5.41, 5.74) is 4.31. The highest BCUT2D eigenvalue weighted by Gasteiger charge is 2.26. The molecule has 0 bridgehead atoms. The van der Waals surface area contributed by atoms with E-state index in [1.165, 1.54) is 12.7 Å². The van der Waals surface area contributed by atoms with Crippen LogP contribution in [0.5, 0.6) is 11.5 Å². The van der Waals surface area contributed by atoms with E-state index in [4.69, 9.17) is 9.72 Å². The van der Waals surface area contributed by atoms with Gasteiger partial charge in [0.05, 0.1) is 5.52 Å². The molecule has 0 aliphatic carbocycles. The third-order valence-electron chi connectivity index (χ3n) is 5.85. The quantitative estimate of drug-likeness (QED) is 0.385. The second-order valence-corrected chi connectivity index (χ2v) is 8.20. The lowest BCUT2D eigenvalue weighted by Gasteiger charge is -2.16. The fraction of sp³-hybridized carbons (Fsp3) is 0.120. The molecule has 0 saturated carbocycles. The summed E-state index contributed by atoms with van der Waals surface area (Å²) in [5, 5.41) is 7.42. The van der Waals surface area contributed by atoms with Crippen molar-refractivity contribution in [1.82, 2.24) is 29.5 Å². The van der Waals surface area contributed by atoms with Crippen molar-refractivity contribution in [3.8, 4) is 11.5 Å². The van der Waals surface area contributed by atoms with Crippen molar-refractivity contribution < 1.29 is 9.53 Å². The van der Waals surface area contributed by atoms with Crippen molar-refractivity contribution in [1.29, 1.82) is 0 Å². The van der Waals surface area contributed by atoms with Crippen LogP contribution in [0, 0.1) is 6.92 Å². The highest BCUT2D eigenvalue weighted by molar-refractivity contribution is 6.07. The third-order valence-corrected chi connectivity index (χ3v) is 5.85. The number of nitrogens with one attached hydrogen (secondary N) is 1. The number of fused-ring (bicyclic) bond motifs is 2. The number of nitrogens with zero attached hydrogens (tertiary/aromatic N) is 7. The molecule has 0 atom stereocenters. The zero-order valence-corrected chi connectivity index (χ0v) is 18.8. The monoisotopic (exact) mass is 464 g/mol. The van der Waals surface area contributed by atoms with E-state index in [2.05, 4.69) is 31.9 Å². The Labute approximate surface area is 199 Å². The van der Waals surface area contributed by atoms with Crippen LogP contribution in [0.4, 0.5) is 17.3 Å². The Morgan fingerprint density at radius 2 is 1.97 bits per heavy atom. The van der Waals surface area contributed by atoms with Gasteiger partial charge in [-0.1, -0.05) is 6.58 Å². The summed E-state index contributed by atoms with van der Waals surface area (Å²) in [7, 11) is 0. The van der Waals surface area contributed by atoms with E-state index in [1.807, 2.05) is 43.3 Å². The molecule has 5 heterocycles. The molecule has 4 aromatic heterocycles. The van der Waals surface area contributed by atoms with Crippen molar-refractivity contribution >= 4 is 39.9 Å². The molecule has 35 heavy (non-hydrogen) atoms. The standard InChI is InChI=1S/C25H20N8O2/c1-15-7-9-32(25(15)34)21-6-4-19-23(31-21)24(28-13-26-19)30-17-3-5-20(16(2)11-17)35-18-8-10-33-22(12-18)27-14-29-33/h3-6,8,10-14H,1,7,9H2,2H3,(H,26,28,30). The van der Waals surface area contributed by atoms with Gasteiger partial charge in [0.2, 0.25) is 0 Å². The normalized spacial score (nSPS) is 13.7. The predicted octanol–water partition coefficient (Wildman–Crippen LogP) is 4.20. The molecular weight excluding hydrogens is 444 g/mol. The number of hydrogen-bond donors (Lipinski definition) is 1. The molecule has 172 valence electrons. The number of rotatable bonds is 5. The van der Waals surface area contributed by atoms with Crippen LogP contribution in [-0.4, -0.2) is 42.0 Å². The van der Waals surface area contributed by atoms with Crippen LogP contribution in [-0.2, 0) is 4.79 Å². The average Bonchev–Trinajstić information content (AvgIpc) is 3.47. The number of benzene rings is 1. The average molecular weight is 464 g/mol. The van der Waals surface area contributed by atoms with Crippen molar-refractivity contribution in [2.24, 2.45) is 0 Å². The maximum absolute atomic E-state index is 12.4. The zero-order chi connectivity index (χ0) is 23.9. The van der Waals surface area contributed by atoms with E-state index in [0.29, 0.717) is 52.6 Å². The van der Waals surface area contributed by atoms with E-state index in [-0.39, 0.29) is 5.91 Å². The topological polar surface area (TPSA) is 110 Å². The molecule has 1 fully saturated rings. The van der Waals surface area contributed by atoms with Gasteiger partial charge in [-0.15, -0.1) is 0 Å². The Bertz CT molecular complexity index is 1630. The highest BCUT2D eigenvalue weighted by Crippen LogP contribution is 2.31. The number of hydrogen-bond acceptors (Lipinski definition) is 8. The first-order valence-corrected chi connectivity index (χ1v) is 11.0. The van der Waals surface area contributed by atoms with Gasteiger partial charge in [-0.05, 0) is 55.3 Å². The Hall–Kier alpha value is -4.86. The molecule has 1 N–H and O–H groups in total. The maximum atomic E-state index is 12.4.